The van der Waals surface area contributed by atoms with E-state index in [9.17, 15) is 15.2 Å². The zero-order chi connectivity index (χ0) is 11.9. The average molecular weight is 222 g/mol. The Bertz CT molecular complexity index is 439. The van der Waals surface area contributed by atoms with Crippen molar-refractivity contribution in [2.24, 2.45) is 5.73 Å². The average Bonchev–Trinajstić information content (AvgIpc) is 2.14. The molecule has 86 valence electrons. The molecule has 0 unspecified atom stereocenters. The topological polar surface area (TPSA) is 89.4 Å². The van der Waals surface area contributed by atoms with Gasteiger partial charge in [0.05, 0.1) is 22.1 Å². The second kappa shape index (κ2) is 3.54. The van der Waals surface area contributed by atoms with Crippen molar-refractivity contribution in [3.05, 3.63) is 39.4 Å². The summed E-state index contributed by atoms with van der Waals surface area (Å²) < 4.78 is 0. The largest absolute Gasteiger partial charge is 0.393 e. The van der Waals surface area contributed by atoms with E-state index >= 15 is 0 Å². The van der Waals surface area contributed by atoms with E-state index < -0.39 is 16.6 Å². The molecule has 0 aliphatic heterocycles. The fraction of sp³-hybridized carbons (Fsp3) is 0.455. The van der Waals surface area contributed by atoms with Crippen molar-refractivity contribution in [2.45, 2.75) is 31.4 Å². The van der Waals surface area contributed by atoms with Gasteiger partial charge in [0, 0.05) is 6.07 Å². The SMILES string of the molecule is Cc1ccc([N+](=O)[O-])c(C2(N)CC(O)C2)c1. The first kappa shape index (κ1) is 11.0. The Hall–Kier alpha value is -1.46. The summed E-state index contributed by atoms with van der Waals surface area (Å²) in [6.45, 7) is 1.87. The molecule has 0 atom stereocenters. The summed E-state index contributed by atoms with van der Waals surface area (Å²) in [6.07, 6.45) is 0.333. The number of aliphatic hydroxyl groups excluding tert-OH is 1. The Morgan fingerprint density at radius 1 is 1.56 bits per heavy atom. The molecule has 0 bridgehead atoms. The van der Waals surface area contributed by atoms with Crippen LogP contribution in [0.1, 0.15) is 24.0 Å². The van der Waals surface area contributed by atoms with Gasteiger partial charge in [-0.3, -0.25) is 10.1 Å². The molecule has 1 fully saturated rings. The van der Waals surface area contributed by atoms with E-state index in [-0.39, 0.29) is 5.69 Å². The molecule has 0 spiro atoms. The van der Waals surface area contributed by atoms with Gasteiger partial charge in [0.1, 0.15) is 0 Å². The van der Waals surface area contributed by atoms with E-state index in [0.29, 0.717) is 18.4 Å². The Morgan fingerprint density at radius 2 is 2.19 bits per heavy atom. The van der Waals surface area contributed by atoms with Gasteiger partial charge in [-0.05, 0) is 25.8 Å². The first-order chi connectivity index (χ1) is 7.42. The maximum absolute atomic E-state index is 10.9. The number of hydrogen-bond donors (Lipinski definition) is 2. The van der Waals surface area contributed by atoms with Crippen molar-refractivity contribution >= 4 is 5.69 Å². The minimum absolute atomic E-state index is 0.0417. The Balaban J connectivity index is 2.46. The minimum atomic E-state index is -0.742. The molecule has 0 aromatic heterocycles. The molecule has 1 aliphatic carbocycles. The van der Waals surface area contributed by atoms with Gasteiger partial charge in [-0.2, -0.15) is 0 Å². The predicted octanol–water partition coefficient (Wildman–Crippen LogP) is 1.21. The number of aryl methyl sites for hydroxylation is 1. The Morgan fingerprint density at radius 3 is 2.69 bits per heavy atom. The third-order valence-corrected chi connectivity index (χ3v) is 3.08. The first-order valence-corrected chi connectivity index (χ1v) is 5.15. The van der Waals surface area contributed by atoms with E-state index in [1.165, 1.54) is 6.07 Å². The Kier molecular flexibility index (Phi) is 2.44. The minimum Gasteiger partial charge on any atom is -0.393 e. The highest BCUT2D eigenvalue weighted by molar-refractivity contribution is 5.48. The third kappa shape index (κ3) is 1.68. The zero-order valence-electron chi connectivity index (χ0n) is 9.01. The van der Waals surface area contributed by atoms with E-state index in [4.69, 9.17) is 5.73 Å². The third-order valence-electron chi connectivity index (χ3n) is 3.08. The van der Waals surface area contributed by atoms with Crippen LogP contribution in [0.3, 0.4) is 0 Å². The molecule has 0 radical (unpaired) electrons. The summed E-state index contributed by atoms with van der Waals surface area (Å²) in [5, 5.41) is 20.2. The lowest BCUT2D eigenvalue weighted by Crippen LogP contribution is -2.51. The van der Waals surface area contributed by atoms with Crippen LogP contribution in [0.4, 0.5) is 5.69 Å². The van der Waals surface area contributed by atoms with Gasteiger partial charge in [-0.15, -0.1) is 0 Å². The molecule has 16 heavy (non-hydrogen) atoms. The van der Waals surface area contributed by atoms with Crippen LogP contribution in [0.15, 0.2) is 18.2 Å². The zero-order valence-corrected chi connectivity index (χ0v) is 9.01. The summed E-state index contributed by atoms with van der Waals surface area (Å²) >= 11 is 0. The van der Waals surface area contributed by atoms with E-state index in [2.05, 4.69) is 0 Å². The Labute approximate surface area is 93.0 Å². The lowest BCUT2D eigenvalue weighted by Gasteiger charge is -2.42. The second-order valence-electron chi connectivity index (χ2n) is 4.50. The van der Waals surface area contributed by atoms with Gasteiger partial charge in [0.2, 0.25) is 0 Å². The quantitative estimate of drug-likeness (QED) is 0.581. The molecule has 0 saturated heterocycles. The summed E-state index contributed by atoms with van der Waals surface area (Å²) in [5.74, 6) is 0. The molecular formula is C11H14N2O3. The van der Waals surface area contributed by atoms with Crippen molar-refractivity contribution in [3.63, 3.8) is 0 Å². The van der Waals surface area contributed by atoms with Crippen LogP contribution in [0.5, 0.6) is 0 Å². The summed E-state index contributed by atoms with van der Waals surface area (Å²) in [6, 6.07) is 4.91. The standard InChI is InChI=1S/C11H14N2O3/c1-7-2-3-10(13(15)16)9(4-7)11(12)5-8(14)6-11/h2-4,8,14H,5-6,12H2,1H3. The number of nitrogens with zero attached hydrogens (tertiary/aromatic N) is 1. The lowest BCUT2D eigenvalue weighted by atomic mass is 9.70. The van der Waals surface area contributed by atoms with Crippen molar-refractivity contribution in [1.82, 2.24) is 0 Å². The summed E-state index contributed by atoms with van der Waals surface area (Å²) in [5.41, 5.74) is 6.82. The molecule has 3 N–H and O–H groups in total. The maximum Gasteiger partial charge on any atom is 0.274 e. The summed E-state index contributed by atoms with van der Waals surface area (Å²) in [4.78, 5) is 10.5. The van der Waals surface area contributed by atoms with Crippen molar-refractivity contribution in [2.75, 3.05) is 0 Å². The van der Waals surface area contributed by atoms with Crippen LogP contribution in [0.25, 0.3) is 0 Å². The number of nitro benzene ring substituents is 1. The normalized spacial score (nSPS) is 28.6. The highest BCUT2D eigenvalue weighted by Gasteiger charge is 2.45. The van der Waals surface area contributed by atoms with Gasteiger partial charge >= 0.3 is 0 Å². The predicted molar refractivity (Wildman–Crippen MR) is 58.9 cm³/mol. The van der Waals surface area contributed by atoms with Crippen LogP contribution < -0.4 is 5.73 Å². The number of nitro groups is 1. The number of nitrogens with two attached hydrogens (primary N) is 1. The fourth-order valence-electron chi connectivity index (χ4n) is 2.21. The van der Waals surface area contributed by atoms with Crippen molar-refractivity contribution in [1.29, 1.82) is 0 Å². The van der Waals surface area contributed by atoms with Crippen LogP contribution in [0.2, 0.25) is 0 Å². The molecule has 5 nitrogen and oxygen atoms in total. The van der Waals surface area contributed by atoms with Crippen molar-refractivity contribution < 1.29 is 10.0 Å². The molecule has 0 heterocycles. The van der Waals surface area contributed by atoms with Crippen LogP contribution in [-0.2, 0) is 5.54 Å². The number of rotatable bonds is 2. The highest BCUT2D eigenvalue weighted by atomic mass is 16.6. The number of aliphatic hydroxyl groups is 1. The van der Waals surface area contributed by atoms with Crippen LogP contribution >= 0.6 is 0 Å². The molecule has 2 rings (SSSR count). The maximum atomic E-state index is 10.9. The molecular weight excluding hydrogens is 208 g/mol. The van der Waals surface area contributed by atoms with Crippen LogP contribution in [-0.4, -0.2) is 16.1 Å². The van der Waals surface area contributed by atoms with Gasteiger partial charge in [0.25, 0.3) is 5.69 Å². The van der Waals surface area contributed by atoms with E-state index in [1.807, 2.05) is 6.92 Å². The van der Waals surface area contributed by atoms with E-state index in [1.54, 1.807) is 12.1 Å². The van der Waals surface area contributed by atoms with Gasteiger partial charge in [-0.1, -0.05) is 11.6 Å². The lowest BCUT2D eigenvalue weighted by molar-refractivity contribution is -0.386. The fourth-order valence-corrected chi connectivity index (χ4v) is 2.21. The molecule has 1 aromatic carbocycles. The molecule has 5 heteroatoms. The molecule has 0 amide bonds. The van der Waals surface area contributed by atoms with Crippen LogP contribution in [0, 0.1) is 17.0 Å². The molecule has 1 saturated carbocycles. The van der Waals surface area contributed by atoms with Gasteiger partial charge in [-0.25, -0.2) is 0 Å². The molecule has 1 aliphatic rings. The van der Waals surface area contributed by atoms with Gasteiger partial charge in [0.15, 0.2) is 0 Å². The number of benzene rings is 1. The molecule has 1 aromatic rings. The number of hydrogen-bond acceptors (Lipinski definition) is 4. The first-order valence-electron chi connectivity index (χ1n) is 5.15. The highest BCUT2D eigenvalue weighted by Crippen LogP contribution is 2.42. The smallest absolute Gasteiger partial charge is 0.274 e. The second-order valence-corrected chi connectivity index (χ2v) is 4.50. The van der Waals surface area contributed by atoms with Gasteiger partial charge < -0.3 is 10.8 Å². The summed E-state index contributed by atoms with van der Waals surface area (Å²) in [7, 11) is 0. The van der Waals surface area contributed by atoms with Crippen molar-refractivity contribution in [3.8, 4) is 0 Å². The monoisotopic (exact) mass is 222 g/mol. The van der Waals surface area contributed by atoms with E-state index in [0.717, 1.165) is 5.56 Å².